The molecule has 0 spiro atoms. The number of aliphatic hydroxyl groups is 2. The van der Waals surface area contributed by atoms with Gasteiger partial charge in [0.2, 0.25) is 0 Å². The first-order chi connectivity index (χ1) is 11.9. The van der Waals surface area contributed by atoms with Crippen molar-refractivity contribution >= 4 is 0 Å². The number of hydrogen-bond donors (Lipinski definition) is 3. The maximum atomic E-state index is 10.6. The molecule has 25 heavy (non-hydrogen) atoms. The van der Waals surface area contributed by atoms with Gasteiger partial charge in [-0.05, 0) is 60.6 Å². The molecule has 0 radical (unpaired) electrons. The minimum atomic E-state index is -0.222. The Balaban J connectivity index is 1.93. The molecule has 1 aliphatic carbocycles. The van der Waals surface area contributed by atoms with E-state index in [9.17, 15) is 10.2 Å². The lowest BCUT2D eigenvalue weighted by molar-refractivity contribution is 0.119. The van der Waals surface area contributed by atoms with Crippen molar-refractivity contribution in [3.8, 4) is 5.75 Å². The molecule has 0 bridgehead atoms. The van der Waals surface area contributed by atoms with E-state index >= 15 is 0 Å². The quantitative estimate of drug-likeness (QED) is 0.549. The van der Waals surface area contributed by atoms with E-state index in [1.54, 1.807) is 0 Å². The zero-order chi connectivity index (χ0) is 18.3. The zero-order valence-corrected chi connectivity index (χ0v) is 16.0. The molecule has 1 aromatic carbocycles. The highest BCUT2D eigenvalue weighted by Gasteiger charge is 2.26. The summed E-state index contributed by atoms with van der Waals surface area (Å²) in [5.41, 5.74) is 2.25. The van der Waals surface area contributed by atoms with E-state index in [0.29, 0.717) is 12.4 Å². The molecule has 2 rings (SSSR count). The van der Waals surface area contributed by atoms with Crippen molar-refractivity contribution in [2.45, 2.75) is 95.5 Å². The number of phenolic OH excluding ortho intramolecular Hbond substituents is 1. The third kappa shape index (κ3) is 6.00. The highest BCUT2D eigenvalue weighted by molar-refractivity contribution is 5.41. The van der Waals surface area contributed by atoms with Crippen molar-refractivity contribution in [1.82, 2.24) is 0 Å². The first-order valence-corrected chi connectivity index (χ1v) is 10.1. The van der Waals surface area contributed by atoms with Crippen LogP contribution in [0.4, 0.5) is 0 Å². The normalized spacial score (nSPS) is 21.4. The van der Waals surface area contributed by atoms with Crippen LogP contribution in [0.3, 0.4) is 0 Å². The number of benzene rings is 1. The average Bonchev–Trinajstić information content (AvgIpc) is 2.58. The smallest absolute Gasteiger partial charge is 0.119 e. The molecule has 2 atom stereocenters. The Bertz CT molecular complexity index is 524. The molecule has 0 aliphatic heterocycles. The van der Waals surface area contributed by atoms with Gasteiger partial charge in [0.15, 0.2) is 0 Å². The number of phenols is 1. The lowest BCUT2D eigenvalue weighted by Crippen LogP contribution is -2.19. The second-order valence-corrected chi connectivity index (χ2v) is 8.42. The predicted octanol–water partition coefficient (Wildman–Crippen LogP) is 5.02. The van der Waals surface area contributed by atoms with E-state index in [1.807, 2.05) is 6.07 Å². The van der Waals surface area contributed by atoms with Crippen LogP contribution in [-0.4, -0.2) is 28.0 Å². The summed E-state index contributed by atoms with van der Waals surface area (Å²) in [6.45, 7) is 4.80. The van der Waals surface area contributed by atoms with E-state index < -0.39 is 0 Å². The minimum Gasteiger partial charge on any atom is -0.508 e. The minimum absolute atomic E-state index is 0.0546. The third-order valence-corrected chi connectivity index (χ3v) is 5.86. The van der Waals surface area contributed by atoms with Crippen LogP contribution in [0.15, 0.2) is 18.2 Å². The van der Waals surface area contributed by atoms with Crippen LogP contribution in [-0.2, 0) is 5.41 Å². The first-order valence-electron chi connectivity index (χ1n) is 10.1. The summed E-state index contributed by atoms with van der Waals surface area (Å²) >= 11 is 0. The van der Waals surface area contributed by atoms with Crippen LogP contribution in [0, 0.1) is 0 Å². The molecular weight excluding hydrogens is 312 g/mol. The van der Waals surface area contributed by atoms with E-state index in [0.717, 1.165) is 50.5 Å². The lowest BCUT2D eigenvalue weighted by Gasteiger charge is -2.29. The molecular formula is C22H36O3. The van der Waals surface area contributed by atoms with Crippen molar-refractivity contribution in [3.63, 3.8) is 0 Å². The number of aliphatic hydroxyl groups excluding tert-OH is 2. The number of rotatable bonds is 9. The highest BCUT2D eigenvalue weighted by Crippen LogP contribution is 2.40. The van der Waals surface area contributed by atoms with Gasteiger partial charge in [-0.3, -0.25) is 0 Å². The van der Waals surface area contributed by atoms with Gasteiger partial charge in [0.25, 0.3) is 0 Å². The lowest BCUT2D eigenvalue weighted by atomic mass is 9.77. The van der Waals surface area contributed by atoms with Gasteiger partial charge < -0.3 is 15.3 Å². The Labute approximate surface area is 153 Å². The van der Waals surface area contributed by atoms with Crippen molar-refractivity contribution < 1.29 is 15.3 Å². The van der Waals surface area contributed by atoms with Crippen LogP contribution in [0.1, 0.15) is 95.1 Å². The Morgan fingerprint density at radius 3 is 2.44 bits per heavy atom. The Morgan fingerprint density at radius 2 is 1.76 bits per heavy atom. The summed E-state index contributed by atoms with van der Waals surface area (Å²) in [6, 6.07) is 6.19. The predicted molar refractivity (Wildman–Crippen MR) is 103 cm³/mol. The van der Waals surface area contributed by atoms with Crippen LogP contribution in [0.5, 0.6) is 5.75 Å². The summed E-state index contributed by atoms with van der Waals surface area (Å²) in [5.74, 6) is 0.681. The van der Waals surface area contributed by atoms with Gasteiger partial charge in [-0.25, -0.2) is 0 Å². The maximum Gasteiger partial charge on any atom is 0.119 e. The Kier molecular flexibility index (Phi) is 7.77. The molecule has 0 saturated heterocycles. The molecule has 0 aromatic heterocycles. The second-order valence-electron chi connectivity index (χ2n) is 8.42. The van der Waals surface area contributed by atoms with Crippen molar-refractivity contribution in [1.29, 1.82) is 0 Å². The van der Waals surface area contributed by atoms with E-state index in [4.69, 9.17) is 5.11 Å². The zero-order valence-electron chi connectivity index (χ0n) is 16.0. The molecule has 0 amide bonds. The summed E-state index contributed by atoms with van der Waals surface area (Å²) in [7, 11) is 0. The molecule has 1 aromatic rings. The Hall–Kier alpha value is -1.06. The maximum absolute atomic E-state index is 10.6. The van der Waals surface area contributed by atoms with Gasteiger partial charge in [0.05, 0.1) is 6.10 Å². The van der Waals surface area contributed by atoms with Gasteiger partial charge in [-0.2, -0.15) is 0 Å². The Morgan fingerprint density at radius 1 is 1.04 bits per heavy atom. The van der Waals surface area contributed by atoms with Crippen LogP contribution in [0.2, 0.25) is 0 Å². The number of hydrogen-bond acceptors (Lipinski definition) is 3. The van der Waals surface area contributed by atoms with Crippen molar-refractivity contribution in [2.75, 3.05) is 6.61 Å². The molecule has 1 aliphatic rings. The molecule has 1 saturated carbocycles. The van der Waals surface area contributed by atoms with Gasteiger partial charge in [0, 0.05) is 6.61 Å². The summed E-state index contributed by atoms with van der Waals surface area (Å²) in [6.07, 6.45) is 10.2. The molecule has 2 unspecified atom stereocenters. The average molecular weight is 349 g/mol. The standard InChI is InChI=1S/C22H36O3/c1-22(2,13-6-4-3-5-7-14-23)18-11-12-20(21(25)16-18)17-9-8-10-19(24)15-17/h11-12,16-17,19,23-25H,3-10,13-15H2,1-2H3. The SMILES string of the molecule is CC(C)(CCCCCCCO)c1ccc(C2CCCC(O)C2)c(O)c1. The van der Waals surface area contributed by atoms with Gasteiger partial charge in [-0.15, -0.1) is 0 Å². The number of unbranched alkanes of at least 4 members (excludes halogenated alkanes) is 4. The molecule has 1 fully saturated rings. The topological polar surface area (TPSA) is 60.7 Å². The van der Waals surface area contributed by atoms with Crippen molar-refractivity contribution in [3.05, 3.63) is 29.3 Å². The number of aromatic hydroxyl groups is 1. The fraction of sp³-hybridized carbons (Fsp3) is 0.727. The van der Waals surface area contributed by atoms with Gasteiger partial charge in [0.1, 0.15) is 5.75 Å². The van der Waals surface area contributed by atoms with Gasteiger partial charge in [-0.1, -0.05) is 58.1 Å². The largest absolute Gasteiger partial charge is 0.508 e. The molecule has 3 nitrogen and oxygen atoms in total. The molecule has 0 heterocycles. The van der Waals surface area contributed by atoms with E-state index in [1.165, 1.54) is 24.8 Å². The summed E-state index contributed by atoms with van der Waals surface area (Å²) < 4.78 is 0. The van der Waals surface area contributed by atoms with Crippen LogP contribution in [0.25, 0.3) is 0 Å². The summed E-state index contributed by atoms with van der Waals surface area (Å²) in [5, 5.41) is 29.3. The van der Waals surface area contributed by atoms with E-state index in [2.05, 4.69) is 26.0 Å². The van der Waals surface area contributed by atoms with Crippen molar-refractivity contribution in [2.24, 2.45) is 0 Å². The van der Waals surface area contributed by atoms with Crippen LogP contribution >= 0.6 is 0 Å². The second kappa shape index (κ2) is 9.59. The fourth-order valence-corrected chi connectivity index (χ4v) is 4.11. The molecule has 3 heteroatoms. The fourth-order valence-electron chi connectivity index (χ4n) is 4.11. The highest BCUT2D eigenvalue weighted by atomic mass is 16.3. The monoisotopic (exact) mass is 348 g/mol. The molecule has 3 N–H and O–H groups in total. The first kappa shape index (κ1) is 20.3. The molecule has 142 valence electrons. The van der Waals surface area contributed by atoms with E-state index in [-0.39, 0.29) is 17.4 Å². The third-order valence-electron chi connectivity index (χ3n) is 5.86. The van der Waals surface area contributed by atoms with Gasteiger partial charge >= 0.3 is 0 Å². The van der Waals surface area contributed by atoms with Crippen LogP contribution < -0.4 is 0 Å². The summed E-state index contributed by atoms with van der Waals surface area (Å²) in [4.78, 5) is 0.